The summed E-state index contributed by atoms with van der Waals surface area (Å²) in [5, 5.41) is 10.1. The Morgan fingerprint density at radius 2 is 2.23 bits per heavy atom. The minimum absolute atomic E-state index is 0.155. The van der Waals surface area contributed by atoms with Gasteiger partial charge in [-0.1, -0.05) is 0 Å². The van der Waals surface area contributed by atoms with Crippen LogP contribution >= 0.6 is 11.3 Å². The predicted octanol–water partition coefficient (Wildman–Crippen LogP) is 2.13. The molecule has 1 aromatic heterocycles. The molecular formula is C15H21N3O3S. The Kier molecular flexibility index (Phi) is 5.51. The van der Waals surface area contributed by atoms with Gasteiger partial charge in [-0.05, 0) is 20.8 Å². The quantitative estimate of drug-likeness (QED) is 0.790. The summed E-state index contributed by atoms with van der Waals surface area (Å²) in [7, 11) is 0. The molecule has 1 atom stereocenters. The summed E-state index contributed by atoms with van der Waals surface area (Å²) < 4.78 is 10.6. The second kappa shape index (κ2) is 7.18. The number of nitriles is 1. The lowest BCUT2D eigenvalue weighted by Gasteiger charge is -2.29. The molecule has 1 aliphatic heterocycles. The minimum atomic E-state index is -0.525. The summed E-state index contributed by atoms with van der Waals surface area (Å²) in [4.78, 5) is 19.0. The summed E-state index contributed by atoms with van der Waals surface area (Å²) in [5.74, 6) is -0.255. The van der Waals surface area contributed by atoms with Gasteiger partial charge in [0.15, 0.2) is 0 Å². The number of aromatic nitrogens is 1. The largest absolute Gasteiger partial charge is 0.458 e. The summed E-state index contributed by atoms with van der Waals surface area (Å²) in [6, 6.07) is 2.01. The van der Waals surface area contributed by atoms with Gasteiger partial charge in [0.2, 0.25) is 0 Å². The van der Waals surface area contributed by atoms with Crippen LogP contribution in [0.4, 0.5) is 0 Å². The molecule has 0 aliphatic carbocycles. The summed E-state index contributed by atoms with van der Waals surface area (Å²) >= 11 is 1.42. The number of hydrogen-bond donors (Lipinski definition) is 0. The number of ether oxygens (including phenoxy) is 2. The lowest BCUT2D eigenvalue weighted by molar-refractivity contribution is -0.154. The van der Waals surface area contributed by atoms with E-state index in [-0.39, 0.29) is 18.6 Å². The minimum Gasteiger partial charge on any atom is -0.458 e. The molecule has 1 aromatic rings. The van der Waals surface area contributed by atoms with Gasteiger partial charge in [0.1, 0.15) is 17.7 Å². The number of carbonyl (C=O) groups is 1. The number of nitrogens with zero attached hydrogens (tertiary/aromatic N) is 3. The highest BCUT2D eigenvalue weighted by Gasteiger charge is 2.26. The zero-order chi connectivity index (χ0) is 16.2. The van der Waals surface area contributed by atoms with Crippen molar-refractivity contribution in [3.8, 4) is 6.07 Å². The summed E-state index contributed by atoms with van der Waals surface area (Å²) in [6.45, 7) is 8.36. The fourth-order valence-electron chi connectivity index (χ4n) is 2.02. The van der Waals surface area contributed by atoms with Gasteiger partial charge >= 0.3 is 5.97 Å². The fourth-order valence-corrected chi connectivity index (χ4v) is 2.94. The zero-order valence-electron chi connectivity index (χ0n) is 13.2. The molecule has 0 bridgehead atoms. The van der Waals surface area contributed by atoms with Gasteiger partial charge in [-0.3, -0.25) is 9.69 Å². The van der Waals surface area contributed by atoms with E-state index in [9.17, 15) is 10.1 Å². The molecule has 6 nitrogen and oxygen atoms in total. The SMILES string of the molecule is CC(C)(C)C(=O)OCc1ncc(C(C#N)N2CCOCC2)s1. The van der Waals surface area contributed by atoms with Crippen molar-refractivity contribution in [2.45, 2.75) is 33.4 Å². The Hall–Kier alpha value is -1.49. The van der Waals surface area contributed by atoms with Crippen molar-refractivity contribution in [1.82, 2.24) is 9.88 Å². The van der Waals surface area contributed by atoms with Crippen molar-refractivity contribution in [2.24, 2.45) is 5.41 Å². The Balaban J connectivity index is 1.98. The molecule has 1 fully saturated rings. The number of esters is 1. The molecule has 0 spiro atoms. The van der Waals surface area contributed by atoms with Crippen LogP contribution in [0.15, 0.2) is 6.20 Å². The van der Waals surface area contributed by atoms with Crippen LogP contribution in [0.3, 0.4) is 0 Å². The van der Waals surface area contributed by atoms with Crippen molar-refractivity contribution in [3.63, 3.8) is 0 Å². The molecule has 0 amide bonds. The van der Waals surface area contributed by atoms with E-state index in [1.807, 2.05) is 20.8 Å². The molecule has 0 N–H and O–H groups in total. The molecule has 0 aromatic carbocycles. The fraction of sp³-hybridized carbons (Fsp3) is 0.667. The third-order valence-electron chi connectivity index (χ3n) is 3.31. The third kappa shape index (κ3) is 4.26. The van der Waals surface area contributed by atoms with E-state index in [1.54, 1.807) is 6.20 Å². The van der Waals surface area contributed by atoms with E-state index < -0.39 is 5.41 Å². The third-order valence-corrected chi connectivity index (χ3v) is 4.34. The van der Waals surface area contributed by atoms with Crippen molar-refractivity contribution in [3.05, 3.63) is 16.1 Å². The smallest absolute Gasteiger partial charge is 0.311 e. The van der Waals surface area contributed by atoms with E-state index >= 15 is 0 Å². The summed E-state index contributed by atoms with van der Waals surface area (Å²) in [6.07, 6.45) is 1.70. The van der Waals surface area contributed by atoms with Crippen LogP contribution in [0.25, 0.3) is 0 Å². The van der Waals surface area contributed by atoms with Crippen LogP contribution in [-0.2, 0) is 20.9 Å². The van der Waals surface area contributed by atoms with Crippen molar-refractivity contribution < 1.29 is 14.3 Å². The van der Waals surface area contributed by atoms with Crippen LogP contribution < -0.4 is 0 Å². The van der Waals surface area contributed by atoms with Gasteiger partial charge in [-0.25, -0.2) is 4.98 Å². The van der Waals surface area contributed by atoms with Crippen molar-refractivity contribution >= 4 is 17.3 Å². The van der Waals surface area contributed by atoms with E-state index in [0.717, 1.165) is 18.0 Å². The lowest BCUT2D eigenvalue weighted by atomic mass is 9.97. The van der Waals surface area contributed by atoms with Crippen LogP contribution in [0, 0.1) is 16.7 Å². The normalized spacial score (nSPS) is 17.7. The molecule has 1 unspecified atom stereocenters. The Morgan fingerprint density at radius 3 is 2.82 bits per heavy atom. The van der Waals surface area contributed by atoms with Gasteiger partial charge in [0.05, 0.1) is 29.6 Å². The number of rotatable bonds is 4. The molecule has 120 valence electrons. The van der Waals surface area contributed by atoms with Crippen molar-refractivity contribution in [1.29, 1.82) is 5.26 Å². The molecule has 7 heteroatoms. The van der Waals surface area contributed by atoms with Gasteiger partial charge in [0, 0.05) is 19.3 Å². The second-order valence-electron chi connectivity index (χ2n) is 6.16. The Morgan fingerprint density at radius 1 is 1.55 bits per heavy atom. The standard InChI is InChI=1S/C15H21N3O3S/c1-15(2,3)14(19)21-10-13-17-9-12(22-13)11(8-16)18-4-6-20-7-5-18/h9,11H,4-7,10H2,1-3H3. The van der Waals surface area contributed by atoms with E-state index in [1.165, 1.54) is 11.3 Å². The molecule has 2 heterocycles. The lowest BCUT2D eigenvalue weighted by Crippen LogP contribution is -2.38. The highest BCUT2D eigenvalue weighted by atomic mass is 32.1. The first-order valence-electron chi connectivity index (χ1n) is 7.25. The Labute approximate surface area is 134 Å². The first-order valence-corrected chi connectivity index (χ1v) is 8.06. The summed E-state index contributed by atoms with van der Waals surface area (Å²) in [5.41, 5.74) is -0.525. The first-order chi connectivity index (χ1) is 10.4. The van der Waals surface area contributed by atoms with E-state index in [2.05, 4.69) is 16.0 Å². The highest BCUT2D eigenvalue weighted by molar-refractivity contribution is 7.11. The monoisotopic (exact) mass is 323 g/mol. The average molecular weight is 323 g/mol. The maximum absolute atomic E-state index is 11.8. The molecule has 22 heavy (non-hydrogen) atoms. The van der Waals surface area contributed by atoms with Gasteiger partial charge in [-0.15, -0.1) is 11.3 Å². The van der Waals surface area contributed by atoms with Gasteiger partial charge in [-0.2, -0.15) is 5.26 Å². The molecule has 1 aliphatic rings. The number of carbonyl (C=O) groups excluding carboxylic acids is 1. The Bertz CT molecular complexity index is 553. The molecule has 1 saturated heterocycles. The van der Waals surface area contributed by atoms with Crippen LogP contribution in [0.5, 0.6) is 0 Å². The number of morpholine rings is 1. The maximum Gasteiger partial charge on any atom is 0.311 e. The predicted molar refractivity (Wildman–Crippen MR) is 82.1 cm³/mol. The molecule has 2 rings (SSSR count). The van der Waals surface area contributed by atoms with E-state index in [0.29, 0.717) is 18.2 Å². The van der Waals surface area contributed by atoms with Crippen LogP contribution in [0.2, 0.25) is 0 Å². The second-order valence-corrected chi connectivity index (χ2v) is 7.31. The van der Waals surface area contributed by atoms with Gasteiger partial charge in [0.25, 0.3) is 0 Å². The first kappa shape index (κ1) is 16.9. The zero-order valence-corrected chi connectivity index (χ0v) is 14.0. The maximum atomic E-state index is 11.8. The number of hydrogen-bond acceptors (Lipinski definition) is 7. The van der Waals surface area contributed by atoms with Crippen LogP contribution in [0.1, 0.15) is 36.7 Å². The van der Waals surface area contributed by atoms with Crippen LogP contribution in [-0.4, -0.2) is 42.2 Å². The molecule has 0 saturated carbocycles. The average Bonchev–Trinajstić information content (AvgIpc) is 2.94. The topological polar surface area (TPSA) is 75.5 Å². The molecule has 0 radical (unpaired) electrons. The van der Waals surface area contributed by atoms with Crippen molar-refractivity contribution in [2.75, 3.05) is 26.3 Å². The molecular weight excluding hydrogens is 302 g/mol. The highest BCUT2D eigenvalue weighted by Crippen LogP contribution is 2.27. The van der Waals surface area contributed by atoms with E-state index in [4.69, 9.17) is 9.47 Å². The van der Waals surface area contributed by atoms with Gasteiger partial charge < -0.3 is 9.47 Å². The number of thiazole rings is 1.